The molecule has 0 aliphatic carbocycles. The predicted molar refractivity (Wildman–Crippen MR) is 68.2 cm³/mol. The van der Waals surface area contributed by atoms with Crippen LogP contribution < -0.4 is 16.2 Å². The Morgan fingerprint density at radius 2 is 1.88 bits per heavy atom. The first-order valence-corrected chi connectivity index (χ1v) is 5.83. The van der Waals surface area contributed by atoms with Crippen LogP contribution in [0.1, 0.15) is 13.8 Å². The molecule has 4 N–H and O–H groups in total. The molecule has 16 heavy (non-hydrogen) atoms. The summed E-state index contributed by atoms with van der Waals surface area (Å²) in [6.07, 6.45) is 0. The van der Waals surface area contributed by atoms with Crippen LogP contribution in [0.5, 0.6) is 5.75 Å². The van der Waals surface area contributed by atoms with Crippen molar-refractivity contribution in [2.75, 3.05) is 18.9 Å². The first kappa shape index (κ1) is 13.2. The molecule has 0 heterocycles. The minimum atomic E-state index is -0.453. The van der Waals surface area contributed by atoms with E-state index in [0.29, 0.717) is 13.2 Å². The lowest BCUT2D eigenvalue weighted by atomic mass is 10.3. The second-order valence-corrected chi connectivity index (χ2v) is 5.15. The van der Waals surface area contributed by atoms with Crippen LogP contribution in [0.15, 0.2) is 24.3 Å². The van der Waals surface area contributed by atoms with Gasteiger partial charge in [-0.05, 0) is 38.1 Å². The lowest BCUT2D eigenvalue weighted by Crippen LogP contribution is -2.24. The van der Waals surface area contributed by atoms with Gasteiger partial charge in [0.05, 0.1) is 6.61 Å². The number of rotatable bonds is 6. The van der Waals surface area contributed by atoms with Crippen molar-refractivity contribution in [2.45, 2.75) is 18.8 Å². The molecule has 5 heteroatoms. The van der Waals surface area contributed by atoms with E-state index in [2.05, 4.69) is 0 Å². The Morgan fingerprint density at radius 3 is 2.44 bits per heavy atom. The minimum absolute atomic E-state index is 0.453. The molecule has 4 nitrogen and oxygen atoms in total. The molecular weight excluding hydrogens is 224 g/mol. The lowest BCUT2D eigenvalue weighted by molar-refractivity contribution is 0.192. The first-order chi connectivity index (χ1) is 7.53. The van der Waals surface area contributed by atoms with Crippen LogP contribution in [0.4, 0.5) is 5.69 Å². The molecule has 0 radical (unpaired) electrons. The maximum absolute atomic E-state index is 5.74. The first-order valence-electron chi connectivity index (χ1n) is 5.09. The molecule has 0 unspecified atom stereocenters. The van der Waals surface area contributed by atoms with Crippen molar-refractivity contribution < 1.29 is 8.92 Å². The Hall–Kier alpha value is -0.910. The highest BCUT2D eigenvalue weighted by molar-refractivity contribution is 7.95. The number of benzene rings is 1. The summed E-state index contributed by atoms with van der Waals surface area (Å²) in [6, 6.07) is 7.27. The normalized spacial score (nSPS) is 11.4. The van der Waals surface area contributed by atoms with E-state index in [9.17, 15) is 0 Å². The highest BCUT2D eigenvalue weighted by Gasteiger charge is 2.21. The van der Waals surface area contributed by atoms with Gasteiger partial charge in [-0.2, -0.15) is 0 Å². The van der Waals surface area contributed by atoms with E-state index in [1.54, 1.807) is 12.1 Å². The quantitative estimate of drug-likeness (QED) is 0.345. The average molecular weight is 242 g/mol. The van der Waals surface area contributed by atoms with E-state index < -0.39 is 4.93 Å². The highest BCUT2D eigenvalue weighted by Crippen LogP contribution is 2.29. The van der Waals surface area contributed by atoms with E-state index in [4.69, 9.17) is 20.4 Å². The van der Waals surface area contributed by atoms with Crippen LogP contribution in [0, 0.1) is 0 Å². The molecule has 0 fully saturated rings. The molecule has 90 valence electrons. The van der Waals surface area contributed by atoms with Gasteiger partial charge in [0, 0.05) is 24.3 Å². The van der Waals surface area contributed by atoms with Crippen molar-refractivity contribution in [2.24, 2.45) is 5.73 Å². The van der Waals surface area contributed by atoms with Crippen LogP contribution in [0.25, 0.3) is 0 Å². The number of hydrogen-bond acceptors (Lipinski definition) is 5. The number of nitrogens with two attached hydrogens (primary N) is 2. The number of ether oxygens (including phenoxy) is 1. The zero-order chi connectivity index (χ0) is 12.0. The summed E-state index contributed by atoms with van der Waals surface area (Å²) in [6.45, 7) is 4.89. The van der Waals surface area contributed by atoms with Crippen LogP contribution in [0.3, 0.4) is 0 Å². The summed E-state index contributed by atoms with van der Waals surface area (Å²) in [7, 11) is 0. The molecule has 0 saturated carbocycles. The summed E-state index contributed by atoms with van der Waals surface area (Å²) < 4.78 is 11.0. The average Bonchev–Trinajstić information content (AvgIpc) is 2.21. The molecule has 0 amide bonds. The molecule has 0 atom stereocenters. The van der Waals surface area contributed by atoms with Gasteiger partial charge in [-0.1, -0.05) is 0 Å². The van der Waals surface area contributed by atoms with Gasteiger partial charge in [0.2, 0.25) is 0 Å². The van der Waals surface area contributed by atoms with Gasteiger partial charge >= 0.3 is 0 Å². The summed E-state index contributed by atoms with van der Waals surface area (Å²) in [5, 5.41) is 0. The molecular formula is C11H18N2O2S. The van der Waals surface area contributed by atoms with E-state index in [1.165, 1.54) is 12.0 Å². The van der Waals surface area contributed by atoms with Gasteiger partial charge in [0.25, 0.3) is 0 Å². The number of nitrogen functional groups attached to an aromatic ring is 1. The largest absolute Gasteiger partial charge is 0.475 e. The standard InChI is InChI=1S/C11H18N2O2S/c1-11(2,16-14-8-7-12)15-10-5-3-9(13)4-6-10/h3-6H,7-8,12-13H2,1-2H3. The van der Waals surface area contributed by atoms with Gasteiger partial charge in [-0.25, -0.2) is 0 Å². The fourth-order valence-electron chi connectivity index (χ4n) is 1.07. The zero-order valence-corrected chi connectivity index (χ0v) is 10.4. The van der Waals surface area contributed by atoms with E-state index in [-0.39, 0.29) is 0 Å². The van der Waals surface area contributed by atoms with Crippen molar-refractivity contribution in [3.05, 3.63) is 24.3 Å². The maximum atomic E-state index is 5.74. The summed E-state index contributed by atoms with van der Waals surface area (Å²) >= 11 is 1.27. The van der Waals surface area contributed by atoms with Gasteiger partial charge < -0.3 is 20.4 Å². The third-order valence-electron chi connectivity index (χ3n) is 1.70. The van der Waals surface area contributed by atoms with Gasteiger partial charge in [0.1, 0.15) is 5.75 Å². The van der Waals surface area contributed by atoms with Gasteiger partial charge in [-0.3, -0.25) is 0 Å². The number of hydrogen-bond donors (Lipinski definition) is 2. The Balaban J connectivity index is 2.48. The van der Waals surface area contributed by atoms with Crippen molar-refractivity contribution >= 4 is 17.7 Å². The van der Waals surface area contributed by atoms with Crippen molar-refractivity contribution in [3.8, 4) is 5.75 Å². The molecule has 0 spiro atoms. The Morgan fingerprint density at radius 1 is 1.25 bits per heavy atom. The fourth-order valence-corrected chi connectivity index (χ4v) is 1.66. The second kappa shape index (κ2) is 5.98. The van der Waals surface area contributed by atoms with Crippen molar-refractivity contribution in [1.29, 1.82) is 0 Å². The highest BCUT2D eigenvalue weighted by atomic mass is 32.2. The SMILES string of the molecule is CC(C)(Oc1ccc(N)cc1)SOCCN. The smallest absolute Gasteiger partial charge is 0.174 e. The fraction of sp³-hybridized carbons (Fsp3) is 0.455. The van der Waals surface area contributed by atoms with Crippen LogP contribution in [-0.2, 0) is 4.18 Å². The predicted octanol–water partition coefficient (Wildman–Crippen LogP) is 2.01. The van der Waals surface area contributed by atoms with E-state index in [1.807, 2.05) is 26.0 Å². The Labute approximate surface area is 100 Å². The summed E-state index contributed by atoms with van der Waals surface area (Å²) in [4.78, 5) is -0.453. The second-order valence-electron chi connectivity index (χ2n) is 3.76. The van der Waals surface area contributed by atoms with Crippen LogP contribution in [-0.4, -0.2) is 18.1 Å². The molecule has 0 bridgehead atoms. The topological polar surface area (TPSA) is 70.5 Å². The molecule has 1 aromatic rings. The molecule has 0 aromatic heterocycles. The monoisotopic (exact) mass is 242 g/mol. The Kier molecular flexibility index (Phi) is 4.92. The zero-order valence-electron chi connectivity index (χ0n) is 9.60. The van der Waals surface area contributed by atoms with E-state index in [0.717, 1.165) is 11.4 Å². The van der Waals surface area contributed by atoms with Gasteiger partial charge in [0.15, 0.2) is 4.93 Å². The maximum Gasteiger partial charge on any atom is 0.174 e. The van der Waals surface area contributed by atoms with Crippen LogP contribution in [0.2, 0.25) is 0 Å². The molecule has 1 rings (SSSR count). The van der Waals surface area contributed by atoms with Crippen molar-refractivity contribution in [1.82, 2.24) is 0 Å². The van der Waals surface area contributed by atoms with Crippen molar-refractivity contribution in [3.63, 3.8) is 0 Å². The summed E-state index contributed by atoms with van der Waals surface area (Å²) in [5.41, 5.74) is 11.6. The Bertz CT molecular complexity index is 314. The third kappa shape index (κ3) is 4.74. The third-order valence-corrected chi connectivity index (χ3v) is 2.47. The molecule has 0 saturated heterocycles. The van der Waals surface area contributed by atoms with Crippen LogP contribution >= 0.6 is 12.0 Å². The lowest BCUT2D eigenvalue weighted by Gasteiger charge is -2.24. The van der Waals surface area contributed by atoms with E-state index >= 15 is 0 Å². The summed E-state index contributed by atoms with van der Waals surface area (Å²) in [5.74, 6) is 0.767. The molecule has 0 aliphatic heterocycles. The molecule has 1 aromatic carbocycles. The van der Waals surface area contributed by atoms with Gasteiger partial charge in [-0.15, -0.1) is 0 Å². The number of anilines is 1. The molecule has 0 aliphatic rings. The minimum Gasteiger partial charge on any atom is -0.475 e.